The fraction of sp³-hybridized carbons (Fsp3) is 0.480. The molecule has 32 heavy (non-hydrogen) atoms. The van der Waals surface area contributed by atoms with Crippen LogP contribution >= 0.6 is 0 Å². The first-order valence-electron chi connectivity index (χ1n) is 11.0. The maximum atomic E-state index is 13.9. The van der Waals surface area contributed by atoms with Gasteiger partial charge in [0.05, 0.1) is 5.56 Å². The van der Waals surface area contributed by atoms with Crippen molar-refractivity contribution in [2.24, 2.45) is 17.3 Å². The Morgan fingerprint density at radius 2 is 1.62 bits per heavy atom. The Morgan fingerprint density at radius 1 is 0.938 bits per heavy atom. The molecule has 2 aromatic carbocycles. The van der Waals surface area contributed by atoms with Crippen molar-refractivity contribution in [3.63, 3.8) is 0 Å². The molecule has 0 N–H and O–H groups in total. The molecule has 3 aliphatic rings. The number of Topliss-reactive ketones (excluding diaryl/α,β-unsaturated/α-hetero) is 1. The lowest BCUT2D eigenvalue weighted by Crippen LogP contribution is -2.42. The number of ether oxygens (including phenoxy) is 1. The summed E-state index contributed by atoms with van der Waals surface area (Å²) in [6.45, 7) is 1.36. The molecule has 2 saturated carbocycles. The second kappa shape index (κ2) is 7.56. The van der Waals surface area contributed by atoms with Crippen LogP contribution < -0.4 is 4.74 Å². The van der Waals surface area contributed by atoms with Gasteiger partial charge in [0.15, 0.2) is 23.3 Å². The van der Waals surface area contributed by atoms with Gasteiger partial charge in [-0.3, -0.25) is 4.79 Å². The molecule has 0 heterocycles. The molecular weight excluding hydrogens is 427 g/mol. The van der Waals surface area contributed by atoms with Gasteiger partial charge < -0.3 is 4.74 Å². The molecule has 0 saturated heterocycles. The highest BCUT2D eigenvalue weighted by Crippen LogP contribution is 2.59. The van der Waals surface area contributed by atoms with E-state index < -0.39 is 41.3 Å². The van der Waals surface area contributed by atoms with Crippen LogP contribution in [-0.4, -0.2) is 5.78 Å². The minimum Gasteiger partial charge on any atom is -0.489 e. The lowest BCUT2D eigenvalue weighted by molar-refractivity contribution is -0.129. The molecule has 5 rings (SSSR count). The Hall–Kier alpha value is -2.44. The first kappa shape index (κ1) is 21.4. The highest BCUT2D eigenvalue weighted by Gasteiger charge is 2.54. The van der Waals surface area contributed by atoms with E-state index in [1.807, 2.05) is 6.07 Å². The van der Waals surface area contributed by atoms with Crippen molar-refractivity contribution in [2.45, 2.75) is 58.0 Å². The summed E-state index contributed by atoms with van der Waals surface area (Å²) in [6, 6.07) is 5.42. The van der Waals surface area contributed by atoms with E-state index in [0.29, 0.717) is 35.7 Å². The molecule has 0 aromatic heterocycles. The van der Waals surface area contributed by atoms with E-state index in [1.54, 1.807) is 12.1 Å². The van der Waals surface area contributed by atoms with Gasteiger partial charge in [0.1, 0.15) is 18.1 Å². The van der Waals surface area contributed by atoms with E-state index >= 15 is 0 Å². The Morgan fingerprint density at radius 3 is 2.34 bits per heavy atom. The van der Waals surface area contributed by atoms with E-state index in [-0.39, 0.29) is 5.41 Å². The highest BCUT2D eigenvalue weighted by molar-refractivity contribution is 5.87. The SMILES string of the molecule is C[C@]12CC[C@@H]3c4ccc(OCc5c(F)c(F)c(F)c(F)c5F)cc4CC[C@@H]3[C@H]1CCC2=O. The normalized spacial score (nSPS) is 28.8. The zero-order valence-corrected chi connectivity index (χ0v) is 17.6. The minimum atomic E-state index is -2.18. The van der Waals surface area contributed by atoms with Crippen LogP contribution in [0.15, 0.2) is 18.2 Å². The van der Waals surface area contributed by atoms with Crippen LogP contribution in [0.25, 0.3) is 0 Å². The largest absolute Gasteiger partial charge is 0.489 e. The third kappa shape index (κ3) is 3.07. The average molecular weight is 450 g/mol. The number of fused-ring (bicyclic) bond motifs is 5. The zero-order valence-electron chi connectivity index (χ0n) is 17.6. The smallest absolute Gasteiger partial charge is 0.200 e. The third-order valence-corrected chi connectivity index (χ3v) is 8.09. The number of ketones is 1. The van der Waals surface area contributed by atoms with Gasteiger partial charge in [0.2, 0.25) is 5.82 Å². The Balaban J connectivity index is 1.36. The summed E-state index contributed by atoms with van der Waals surface area (Å²) < 4.78 is 73.3. The van der Waals surface area contributed by atoms with Crippen LogP contribution in [0.3, 0.4) is 0 Å². The summed E-state index contributed by atoms with van der Waals surface area (Å²) in [7, 11) is 0. The lowest BCUT2D eigenvalue weighted by atomic mass is 9.55. The van der Waals surface area contributed by atoms with Gasteiger partial charge in [-0.15, -0.1) is 0 Å². The van der Waals surface area contributed by atoms with Crippen LogP contribution in [-0.2, 0) is 17.8 Å². The van der Waals surface area contributed by atoms with Crippen LogP contribution in [0.4, 0.5) is 22.0 Å². The zero-order chi connectivity index (χ0) is 22.8. The van der Waals surface area contributed by atoms with E-state index in [0.717, 1.165) is 37.7 Å². The fourth-order valence-corrected chi connectivity index (χ4v) is 6.35. The summed E-state index contributed by atoms with van der Waals surface area (Å²) in [5.41, 5.74) is 1.10. The van der Waals surface area contributed by atoms with E-state index in [1.165, 1.54) is 5.56 Å². The summed E-state index contributed by atoms with van der Waals surface area (Å²) in [6.07, 6.45) is 5.22. The molecule has 0 bridgehead atoms. The first-order valence-corrected chi connectivity index (χ1v) is 11.0. The fourth-order valence-electron chi connectivity index (χ4n) is 6.35. The van der Waals surface area contributed by atoms with Gasteiger partial charge in [0, 0.05) is 11.8 Å². The number of hydrogen-bond acceptors (Lipinski definition) is 2. The molecule has 2 aromatic rings. The molecule has 4 atom stereocenters. The number of rotatable bonds is 3. The van der Waals surface area contributed by atoms with Gasteiger partial charge in [0.25, 0.3) is 0 Å². The molecule has 0 radical (unpaired) electrons. The number of carbonyl (C=O) groups excluding carboxylic acids is 1. The number of hydrogen-bond donors (Lipinski definition) is 0. The van der Waals surface area contributed by atoms with Crippen molar-refractivity contribution >= 4 is 5.78 Å². The molecule has 2 nitrogen and oxygen atoms in total. The van der Waals surface area contributed by atoms with E-state index in [2.05, 4.69) is 6.92 Å². The molecule has 7 heteroatoms. The van der Waals surface area contributed by atoms with Gasteiger partial charge >= 0.3 is 0 Å². The van der Waals surface area contributed by atoms with Crippen LogP contribution in [0.2, 0.25) is 0 Å². The van der Waals surface area contributed by atoms with Gasteiger partial charge in [-0.2, -0.15) is 0 Å². The van der Waals surface area contributed by atoms with E-state index in [4.69, 9.17) is 4.74 Å². The lowest BCUT2D eigenvalue weighted by Gasteiger charge is -2.48. The Bertz CT molecular complexity index is 1080. The molecular formula is C25H23F5O2. The average Bonchev–Trinajstić information content (AvgIpc) is 3.10. The number of halogens is 5. The molecule has 170 valence electrons. The quantitative estimate of drug-likeness (QED) is 0.308. The number of aryl methyl sites for hydroxylation is 1. The molecule has 0 amide bonds. The molecule has 3 aliphatic carbocycles. The maximum absolute atomic E-state index is 13.9. The van der Waals surface area contributed by atoms with Crippen molar-refractivity contribution in [1.82, 2.24) is 0 Å². The molecule has 0 unspecified atom stereocenters. The molecule has 0 aliphatic heterocycles. The van der Waals surface area contributed by atoms with E-state index in [9.17, 15) is 26.7 Å². The Labute approximate surface area is 182 Å². The first-order chi connectivity index (χ1) is 15.2. The number of carbonyl (C=O) groups is 1. The molecule has 2 fully saturated rings. The highest BCUT2D eigenvalue weighted by atomic mass is 19.2. The predicted octanol–water partition coefficient (Wildman–Crippen LogP) is 6.39. The predicted molar refractivity (Wildman–Crippen MR) is 107 cm³/mol. The van der Waals surface area contributed by atoms with Crippen LogP contribution in [0, 0.1) is 46.3 Å². The second-order valence-corrected chi connectivity index (χ2v) is 9.53. The van der Waals surface area contributed by atoms with Crippen molar-refractivity contribution < 1.29 is 31.5 Å². The minimum absolute atomic E-state index is 0.199. The van der Waals surface area contributed by atoms with Gasteiger partial charge in [-0.05, 0) is 73.1 Å². The second-order valence-electron chi connectivity index (χ2n) is 9.53. The van der Waals surface area contributed by atoms with Crippen molar-refractivity contribution in [3.05, 3.63) is 64.0 Å². The number of benzene rings is 2. The molecule has 0 spiro atoms. The standard InChI is InChI=1S/C25H23F5O2/c1-25-9-8-15-14-5-3-13(10-12(14)2-4-16(15)18(25)6-7-19(25)31)32-11-17-20(26)22(28)24(30)23(29)21(17)27/h3,5,10,15-16,18H,2,4,6-9,11H2,1H3/t15-,16+,18-,25+/m1/s1. The van der Waals surface area contributed by atoms with Crippen LogP contribution in [0.1, 0.15) is 61.6 Å². The maximum Gasteiger partial charge on any atom is 0.200 e. The summed E-state index contributed by atoms with van der Waals surface area (Å²) in [5, 5.41) is 0. The Kier molecular flexibility index (Phi) is 5.06. The van der Waals surface area contributed by atoms with Gasteiger partial charge in [-0.1, -0.05) is 13.0 Å². The summed E-state index contributed by atoms with van der Waals surface area (Å²) >= 11 is 0. The van der Waals surface area contributed by atoms with Crippen molar-refractivity contribution in [3.8, 4) is 5.75 Å². The summed E-state index contributed by atoms with van der Waals surface area (Å²) in [5.74, 6) is -7.93. The topological polar surface area (TPSA) is 26.3 Å². The van der Waals surface area contributed by atoms with Crippen LogP contribution in [0.5, 0.6) is 5.75 Å². The van der Waals surface area contributed by atoms with Crippen molar-refractivity contribution in [1.29, 1.82) is 0 Å². The van der Waals surface area contributed by atoms with Crippen molar-refractivity contribution in [2.75, 3.05) is 0 Å². The van der Waals surface area contributed by atoms with Gasteiger partial charge in [-0.25, -0.2) is 22.0 Å². The monoisotopic (exact) mass is 450 g/mol. The third-order valence-electron chi connectivity index (χ3n) is 8.09. The summed E-state index contributed by atoms with van der Waals surface area (Å²) in [4.78, 5) is 12.5.